The van der Waals surface area contributed by atoms with Crippen LogP contribution in [0, 0.1) is 0 Å². The van der Waals surface area contributed by atoms with Crippen LogP contribution in [0.4, 0.5) is 5.69 Å². The lowest BCUT2D eigenvalue weighted by Gasteiger charge is -2.11. The zero-order valence-electron chi connectivity index (χ0n) is 9.91. The predicted molar refractivity (Wildman–Crippen MR) is 81.6 cm³/mol. The number of hydrogen-bond donors (Lipinski definition) is 1. The molecule has 0 heterocycles. The van der Waals surface area contributed by atoms with Crippen molar-refractivity contribution in [3.8, 4) is 17.2 Å². The van der Waals surface area contributed by atoms with Crippen molar-refractivity contribution in [2.45, 2.75) is 0 Å². The van der Waals surface area contributed by atoms with Crippen molar-refractivity contribution >= 4 is 44.8 Å². The molecule has 3 nitrogen and oxygen atoms in total. The molecular weight excluding hydrogens is 353 g/mol. The van der Waals surface area contributed by atoms with Crippen LogP contribution in [0.2, 0.25) is 10.0 Å². The van der Waals surface area contributed by atoms with Crippen LogP contribution in [0.25, 0.3) is 0 Å². The van der Waals surface area contributed by atoms with Crippen molar-refractivity contribution in [3.05, 3.63) is 44.8 Å². The predicted octanol–water partition coefficient (Wildman–Crippen LogP) is 5.14. The fraction of sp³-hybridized carbons (Fsp3) is 0.0769. The lowest BCUT2D eigenvalue weighted by Crippen LogP contribution is -1.92. The van der Waals surface area contributed by atoms with Gasteiger partial charge in [0.2, 0.25) is 0 Å². The summed E-state index contributed by atoms with van der Waals surface area (Å²) in [5.74, 6) is 1.58. The molecular formula is C13H10BrCl2NO2. The Labute approximate surface area is 129 Å². The largest absolute Gasteiger partial charge is 0.497 e. The molecule has 0 fully saturated rings. The first-order valence-electron chi connectivity index (χ1n) is 5.26. The zero-order chi connectivity index (χ0) is 14.0. The number of methoxy groups -OCH3 is 1. The molecule has 2 N–H and O–H groups in total. The van der Waals surface area contributed by atoms with E-state index in [-0.39, 0.29) is 0 Å². The van der Waals surface area contributed by atoms with Crippen LogP contribution in [-0.2, 0) is 0 Å². The van der Waals surface area contributed by atoms with Crippen molar-refractivity contribution in [3.63, 3.8) is 0 Å². The fourth-order valence-electron chi connectivity index (χ4n) is 1.48. The Morgan fingerprint density at radius 1 is 1.00 bits per heavy atom. The summed E-state index contributed by atoms with van der Waals surface area (Å²) in [5, 5.41) is 0.952. The summed E-state index contributed by atoms with van der Waals surface area (Å²) in [5.41, 5.74) is 6.29. The minimum Gasteiger partial charge on any atom is -0.497 e. The SMILES string of the molecule is COc1cc(N)cc(Oc2cc(Cl)c(Br)cc2Cl)c1. The second kappa shape index (κ2) is 5.90. The number of benzene rings is 2. The van der Waals surface area contributed by atoms with Gasteiger partial charge in [-0.05, 0) is 22.0 Å². The summed E-state index contributed by atoms with van der Waals surface area (Å²) in [7, 11) is 1.56. The molecule has 100 valence electrons. The maximum Gasteiger partial charge on any atom is 0.147 e. The van der Waals surface area contributed by atoms with Gasteiger partial charge in [-0.25, -0.2) is 0 Å². The number of hydrogen-bond acceptors (Lipinski definition) is 3. The van der Waals surface area contributed by atoms with Crippen LogP contribution in [0.15, 0.2) is 34.8 Å². The molecule has 0 amide bonds. The summed E-state index contributed by atoms with van der Waals surface area (Å²) in [4.78, 5) is 0. The molecule has 0 spiro atoms. The normalized spacial score (nSPS) is 10.3. The van der Waals surface area contributed by atoms with Gasteiger partial charge in [-0.2, -0.15) is 0 Å². The number of nitrogens with two attached hydrogens (primary N) is 1. The Bertz CT molecular complexity index is 620. The van der Waals surface area contributed by atoms with E-state index < -0.39 is 0 Å². The molecule has 0 aliphatic rings. The second-order valence-electron chi connectivity index (χ2n) is 3.74. The minimum atomic E-state index is 0.442. The van der Waals surface area contributed by atoms with E-state index >= 15 is 0 Å². The van der Waals surface area contributed by atoms with E-state index in [2.05, 4.69) is 15.9 Å². The highest BCUT2D eigenvalue weighted by atomic mass is 79.9. The summed E-state index contributed by atoms with van der Waals surface area (Å²) in [6.45, 7) is 0. The van der Waals surface area contributed by atoms with Gasteiger partial charge in [0, 0.05) is 34.4 Å². The van der Waals surface area contributed by atoms with E-state index in [9.17, 15) is 0 Å². The summed E-state index contributed by atoms with van der Waals surface area (Å²) in [6, 6.07) is 8.38. The highest BCUT2D eigenvalue weighted by molar-refractivity contribution is 9.10. The maximum atomic E-state index is 6.09. The standard InChI is InChI=1S/C13H10BrCl2NO2/c1-18-8-2-7(17)3-9(4-8)19-13-6-11(15)10(14)5-12(13)16/h2-6H,17H2,1H3. The Morgan fingerprint density at radius 2 is 1.68 bits per heavy atom. The third-order valence-electron chi connectivity index (χ3n) is 2.34. The average molecular weight is 363 g/mol. The lowest BCUT2D eigenvalue weighted by molar-refractivity contribution is 0.409. The molecule has 2 aromatic carbocycles. The van der Waals surface area contributed by atoms with Gasteiger partial charge in [-0.3, -0.25) is 0 Å². The number of anilines is 1. The van der Waals surface area contributed by atoms with E-state index in [0.717, 1.165) is 0 Å². The monoisotopic (exact) mass is 361 g/mol. The number of nitrogen functional groups attached to an aromatic ring is 1. The average Bonchev–Trinajstić information content (AvgIpc) is 2.35. The van der Waals surface area contributed by atoms with Gasteiger partial charge in [0.05, 0.1) is 17.2 Å². The minimum absolute atomic E-state index is 0.442. The Balaban J connectivity index is 2.36. The van der Waals surface area contributed by atoms with E-state index in [1.165, 1.54) is 0 Å². The zero-order valence-corrected chi connectivity index (χ0v) is 13.0. The molecule has 0 saturated carbocycles. The third kappa shape index (κ3) is 3.47. The van der Waals surface area contributed by atoms with Gasteiger partial charge in [-0.1, -0.05) is 23.2 Å². The smallest absolute Gasteiger partial charge is 0.147 e. The molecule has 0 aliphatic heterocycles. The molecule has 0 aromatic heterocycles. The molecule has 0 radical (unpaired) electrons. The number of ether oxygens (including phenoxy) is 2. The summed E-state index contributed by atoms with van der Waals surface area (Å²) >= 11 is 15.4. The van der Waals surface area contributed by atoms with Gasteiger partial charge in [-0.15, -0.1) is 0 Å². The first-order valence-corrected chi connectivity index (χ1v) is 6.81. The van der Waals surface area contributed by atoms with Gasteiger partial charge < -0.3 is 15.2 Å². The van der Waals surface area contributed by atoms with Crippen LogP contribution in [0.3, 0.4) is 0 Å². The summed E-state index contributed by atoms with van der Waals surface area (Å²) in [6.07, 6.45) is 0. The van der Waals surface area contributed by atoms with Crippen molar-refractivity contribution < 1.29 is 9.47 Å². The van der Waals surface area contributed by atoms with Gasteiger partial charge >= 0.3 is 0 Å². The molecule has 0 unspecified atom stereocenters. The molecule has 0 aliphatic carbocycles. The maximum absolute atomic E-state index is 6.09. The van der Waals surface area contributed by atoms with Crippen molar-refractivity contribution in [1.29, 1.82) is 0 Å². The quantitative estimate of drug-likeness (QED) is 0.607. The van der Waals surface area contributed by atoms with Gasteiger partial charge in [0.1, 0.15) is 17.2 Å². The lowest BCUT2D eigenvalue weighted by atomic mass is 10.3. The fourth-order valence-corrected chi connectivity index (χ4v) is 2.31. The molecule has 0 saturated heterocycles. The molecule has 19 heavy (non-hydrogen) atoms. The Hall–Kier alpha value is -1.10. The molecule has 0 atom stereocenters. The van der Waals surface area contributed by atoms with Crippen molar-refractivity contribution in [2.75, 3.05) is 12.8 Å². The van der Waals surface area contributed by atoms with Crippen LogP contribution in [0.1, 0.15) is 0 Å². The molecule has 2 rings (SSSR count). The van der Waals surface area contributed by atoms with E-state index in [1.807, 2.05) is 0 Å². The van der Waals surface area contributed by atoms with Crippen LogP contribution in [0.5, 0.6) is 17.2 Å². The van der Waals surface area contributed by atoms with E-state index in [1.54, 1.807) is 37.4 Å². The van der Waals surface area contributed by atoms with Crippen LogP contribution >= 0.6 is 39.1 Å². The molecule has 2 aromatic rings. The Kier molecular flexibility index (Phi) is 4.45. The van der Waals surface area contributed by atoms with Crippen LogP contribution < -0.4 is 15.2 Å². The van der Waals surface area contributed by atoms with E-state index in [4.69, 9.17) is 38.4 Å². The van der Waals surface area contributed by atoms with Gasteiger partial charge in [0.25, 0.3) is 0 Å². The number of halogens is 3. The first kappa shape index (κ1) is 14.3. The van der Waals surface area contributed by atoms with Crippen LogP contribution in [-0.4, -0.2) is 7.11 Å². The molecule has 6 heteroatoms. The van der Waals surface area contributed by atoms with Gasteiger partial charge in [0.15, 0.2) is 0 Å². The molecule has 0 bridgehead atoms. The highest BCUT2D eigenvalue weighted by Gasteiger charge is 2.09. The number of rotatable bonds is 3. The highest BCUT2D eigenvalue weighted by Crippen LogP contribution is 2.37. The van der Waals surface area contributed by atoms with Crippen molar-refractivity contribution in [1.82, 2.24) is 0 Å². The topological polar surface area (TPSA) is 44.5 Å². The third-order valence-corrected chi connectivity index (χ3v) is 3.83. The van der Waals surface area contributed by atoms with E-state index in [0.29, 0.717) is 37.5 Å². The first-order chi connectivity index (χ1) is 8.99. The van der Waals surface area contributed by atoms with Crippen molar-refractivity contribution in [2.24, 2.45) is 0 Å². The Morgan fingerprint density at radius 3 is 2.37 bits per heavy atom. The second-order valence-corrected chi connectivity index (χ2v) is 5.41. The summed E-state index contributed by atoms with van der Waals surface area (Å²) < 4.78 is 11.5.